The summed E-state index contributed by atoms with van der Waals surface area (Å²) in [6, 6.07) is 0. The van der Waals surface area contributed by atoms with E-state index in [0.29, 0.717) is 18.3 Å². The molecule has 3 rings (SSSR count). The van der Waals surface area contributed by atoms with Crippen molar-refractivity contribution < 1.29 is 9.90 Å². The summed E-state index contributed by atoms with van der Waals surface area (Å²) < 4.78 is 0. The number of ketones is 1. The van der Waals surface area contributed by atoms with Gasteiger partial charge in [-0.25, -0.2) is 0 Å². The van der Waals surface area contributed by atoms with Gasteiger partial charge in [0, 0.05) is 6.42 Å². The van der Waals surface area contributed by atoms with E-state index in [-0.39, 0.29) is 11.2 Å². The molecule has 0 bridgehead atoms. The van der Waals surface area contributed by atoms with E-state index >= 15 is 0 Å². The van der Waals surface area contributed by atoms with Crippen LogP contribution in [-0.2, 0) is 4.79 Å². The Morgan fingerprint density at radius 1 is 1.47 bits per heavy atom. The second-order valence-electron chi connectivity index (χ2n) is 6.37. The lowest BCUT2D eigenvalue weighted by atomic mass is 9.84. The number of carbonyl (C=O) groups excluding carboxylic acids is 1. The highest BCUT2D eigenvalue weighted by atomic mass is 16.3. The van der Waals surface area contributed by atoms with E-state index in [4.69, 9.17) is 0 Å². The van der Waals surface area contributed by atoms with Gasteiger partial charge in [-0.1, -0.05) is 13.8 Å². The summed E-state index contributed by atoms with van der Waals surface area (Å²) in [5, 5.41) is 10.7. The lowest BCUT2D eigenvalue weighted by Crippen LogP contribution is -2.30. The second kappa shape index (κ2) is 2.54. The summed E-state index contributed by atoms with van der Waals surface area (Å²) in [6.07, 6.45) is 5.34. The molecule has 1 unspecified atom stereocenters. The molecule has 0 aliphatic heterocycles. The molecular formula is C13H18O2. The van der Waals surface area contributed by atoms with Crippen molar-refractivity contribution in [3.8, 4) is 0 Å². The molecule has 2 heteroatoms. The van der Waals surface area contributed by atoms with Crippen LogP contribution in [0.3, 0.4) is 0 Å². The zero-order valence-electron chi connectivity index (χ0n) is 9.42. The number of allylic oxidation sites excluding steroid dienone is 1. The first kappa shape index (κ1) is 9.59. The number of hydrogen-bond acceptors (Lipinski definition) is 2. The third kappa shape index (κ3) is 1.17. The fourth-order valence-corrected chi connectivity index (χ4v) is 4.13. The molecule has 0 radical (unpaired) electrons. The number of aliphatic hydroxyl groups is 1. The van der Waals surface area contributed by atoms with E-state index in [0.717, 1.165) is 24.8 Å². The molecule has 3 atom stereocenters. The molecule has 2 nitrogen and oxygen atoms in total. The highest BCUT2D eigenvalue weighted by molar-refractivity contribution is 5.94. The van der Waals surface area contributed by atoms with Gasteiger partial charge in [0.1, 0.15) is 0 Å². The molecule has 3 aliphatic carbocycles. The van der Waals surface area contributed by atoms with Gasteiger partial charge in [0.25, 0.3) is 0 Å². The molecule has 0 aromatic carbocycles. The van der Waals surface area contributed by atoms with Gasteiger partial charge in [-0.05, 0) is 48.2 Å². The molecule has 1 N–H and O–H groups in total. The van der Waals surface area contributed by atoms with E-state index in [1.165, 1.54) is 0 Å². The summed E-state index contributed by atoms with van der Waals surface area (Å²) in [7, 11) is 0. The lowest BCUT2D eigenvalue weighted by molar-refractivity contribution is -0.114. The fourth-order valence-electron chi connectivity index (χ4n) is 4.13. The Balaban J connectivity index is 2.01. The van der Waals surface area contributed by atoms with Crippen LogP contribution in [0.5, 0.6) is 0 Å². The Morgan fingerprint density at radius 3 is 2.93 bits per heavy atom. The predicted molar refractivity (Wildman–Crippen MR) is 57.3 cm³/mol. The zero-order chi connectivity index (χ0) is 10.8. The smallest absolute Gasteiger partial charge is 0.156 e. The van der Waals surface area contributed by atoms with Gasteiger partial charge in [-0.2, -0.15) is 0 Å². The van der Waals surface area contributed by atoms with Crippen molar-refractivity contribution in [1.29, 1.82) is 0 Å². The van der Waals surface area contributed by atoms with Crippen LogP contribution in [-0.4, -0.2) is 16.5 Å². The van der Waals surface area contributed by atoms with Crippen molar-refractivity contribution in [3.05, 3.63) is 11.6 Å². The van der Waals surface area contributed by atoms with Gasteiger partial charge in [-0.15, -0.1) is 0 Å². The van der Waals surface area contributed by atoms with Gasteiger partial charge in [-0.3, -0.25) is 4.79 Å². The molecule has 15 heavy (non-hydrogen) atoms. The van der Waals surface area contributed by atoms with E-state index in [1.807, 2.05) is 0 Å². The lowest BCUT2D eigenvalue weighted by Gasteiger charge is -2.26. The molecule has 2 saturated carbocycles. The van der Waals surface area contributed by atoms with Crippen LogP contribution in [0.1, 0.15) is 39.5 Å². The van der Waals surface area contributed by atoms with Crippen LogP contribution in [0.2, 0.25) is 0 Å². The van der Waals surface area contributed by atoms with Gasteiger partial charge >= 0.3 is 0 Å². The average molecular weight is 206 g/mol. The molecular weight excluding hydrogens is 188 g/mol. The Bertz CT molecular complexity index is 367. The standard InChI is InChI=1S/C13H18O2/c1-12(2)6-9-3-8-4-10(14)5-11(8)13(9,15)7-12/h5,8-9,15H,3-4,6-7H2,1-2H3/t8-,9?,13-/m0/s1. The molecule has 0 amide bonds. The van der Waals surface area contributed by atoms with Gasteiger partial charge in [0.15, 0.2) is 5.78 Å². The summed E-state index contributed by atoms with van der Waals surface area (Å²) in [5.41, 5.74) is 0.653. The monoisotopic (exact) mass is 206 g/mol. The maximum Gasteiger partial charge on any atom is 0.156 e. The Morgan fingerprint density at radius 2 is 2.20 bits per heavy atom. The number of carbonyl (C=O) groups is 1. The molecule has 0 spiro atoms. The largest absolute Gasteiger partial charge is 0.385 e. The van der Waals surface area contributed by atoms with E-state index < -0.39 is 5.60 Å². The third-order valence-electron chi connectivity index (χ3n) is 4.50. The minimum Gasteiger partial charge on any atom is -0.385 e. The van der Waals surface area contributed by atoms with Crippen LogP contribution in [0.15, 0.2) is 11.6 Å². The number of fused-ring (bicyclic) bond motifs is 3. The molecule has 3 aliphatic rings. The fraction of sp³-hybridized carbons (Fsp3) is 0.769. The summed E-state index contributed by atoms with van der Waals surface area (Å²) in [4.78, 5) is 11.4. The SMILES string of the molecule is CC1(C)CC2C[C@H]3CC(=O)C=C3[C@]2(O)C1. The van der Waals surface area contributed by atoms with E-state index in [2.05, 4.69) is 13.8 Å². The first-order chi connectivity index (χ1) is 6.91. The van der Waals surface area contributed by atoms with Crippen LogP contribution < -0.4 is 0 Å². The van der Waals surface area contributed by atoms with Crippen molar-refractivity contribution in [2.75, 3.05) is 0 Å². The van der Waals surface area contributed by atoms with Gasteiger partial charge in [0.05, 0.1) is 5.60 Å². The molecule has 0 saturated heterocycles. The molecule has 0 aromatic rings. The normalized spacial score (nSPS) is 46.6. The Labute approximate surface area is 90.4 Å². The Hall–Kier alpha value is -0.630. The van der Waals surface area contributed by atoms with Gasteiger partial charge in [0.2, 0.25) is 0 Å². The maximum absolute atomic E-state index is 11.4. The molecule has 0 heterocycles. The number of rotatable bonds is 0. The highest BCUT2D eigenvalue weighted by Crippen LogP contribution is 2.61. The summed E-state index contributed by atoms with van der Waals surface area (Å²) >= 11 is 0. The minimum atomic E-state index is -0.639. The minimum absolute atomic E-state index is 0.214. The third-order valence-corrected chi connectivity index (χ3v) is 4.50. The van der Waals surface area contributed by atoms with Crippen molar-refractivity contribution in [2.45, 2.75) is 45.1 Å². The first-order valence-electron chi connectivity index (χ1n) is 5.88. The van der Waals surface area contributed by atoms with Crippen molar-refractivity contribution in [2.24, 2.45) is 17.3 Å². The number of hydrogen-bond donors (Lipinski definition) is 1. The van der Waals surface area contributed by atoms with Crippen molar-refractivity contribution in [3.63, 3.8) is 0 Å². The van der Waals surface area contributed by atoms with E-state index in [9.17, 15) is 9.90 Å². The summed E-state index contributed by atoms with van der Waals surface area (Å²) in [5.74, 6) is 0.979. The summed E-state index contributed by atoms with van der Waals surface area (Å²) in [6.45, 7) is 4.44. The van der Waals surface area contributed by atoms with Crippen LogP contribution >= 0.6 is 0 Å². The Kier molecular flexibility index (Phi) is 1.62. The van der Waals surface area contributed by atoms with Gasteiger partial charge < -0.3 is 5.11 Å². The molecule has 2 fully saturated rings. The van der Waals surface area contributed by atoms with Crippen LogP contribution in [0.4, 0.5) is 0 Å². The molecule has 0 aromatic heterocycles. The van der Waals surface area contributed by atoms with Crippen LogP contribution in [0.25, 0.3) is 0 Å². The van der Waals surface area contributed by atoms with Crippen molar-refractivity contribution >= 4 is 5.78 Å². The molecule has 82 valence electrons. The predicted octanol–water partition coefficient (Wildman–Crippen LogP) is 2.07. The van der Waals surface area contributed by atoms with E-state index in [1.54, 1.807) is 6.08 Å². The highest BCUT2D eigenvalue weighted by Gasteiger charge is 2.59. The van der Waals surface area contributed by atoms with Crippen molar-refractivity contribution in [1.82, 2.24) is 0 Å². The topological polar surface area (TPSA) is 37.3 Å². The quantitative estimate of drug-likeness (QED) is 0.659. The first-order valence-corrected chi connectivity index (χ1v) is 5.88. The second-order valence-corrected chi connectivity index (χ2v) is 6.37. The van der Waals surface area contributed by atoms with Crippen LogP contribution in [0, 0.1) is 17.3 Å². The average Bonchev–Trinajstić information content (AvgIpc) is 2.58. The maximum atomic E-state index is 11.4. The zero-order valence-corrected chi connectivity index (χ0v) is 9.42.